The van der Waals surface area contributed by atoms with Gasteiger partial charge in [-0.05, 0) is 43.4 Å². The largest absolute Gasteiger partial charge is 0.418 e. The van der Waals surface area contributed by atoms with E-state index < -0.39 is 11.7 Å². The monoisotopic (exact) mass is 266 g/mol. The Morgan fingerprint density at radius 1 is 1.05 bits per heavy atom. The number of aryl methyl sites for hydroxylation is 1. The van der Waals surface area contributed by atoms with Gasteiger partial charge in [-0.3, -0.25) is 0 Å². The van der Waals surface area contributed by atoms with Gasteiger partial charge in [0.1, 0.15) is 0 Å². The number of halogens is 3. The smallest absolute Gasteiger partial charge is 0.237 e. The fourth-order valence-corrected chi connectivity index (χ4v) is 2.60. The summed E-state index contributed by atoms with van der Waals surface area (Å²) in [6, 6.07) is 5.60. The lowest BCUT2D eigenvalue weighted by atomic mass is 9.98. The molecule has 1 heterocycles. The molecule has 2 aromatic rings. The third-order valence-corrected chi connectivity index (χ3v) is 3.50. The Morgan fingerprint density at radius 3 is 2.58 bits per heavy atom. The second kappa shape index (κ2) is 4.40. The van der Waals surface area contributed by atoms with Crippen LogP contribution in [0, 0.1) is 0 Å². The molecule has 0 fully saturated rings. The first-order valence-corrected chi connectivity index (χ1v) is 6.30. The zero-order chi connectivity index (χ0) is 13.5. The van der Waals surface area contributed by atoms with Crippen molar-refractivity contribution >= 4 is 0 Å². The van der Waals surface area contributed by atoms with E-state index in [-0.39, 0.29) is 5.69 Å². The SMILES string of the molecule is FC(F)(F)c1ccccc1-n1ncc2c1CCCC2. The zero-order valence-electron chi connectivity index (χ0n) is 10.2. The van der Waals surface area contributed by atoms with Crippen LogP contribution in [-0.2, 0) is 19.0 Å². The maximum atomic E-state index is 13.0. The lowest BCUT2D eigenvalue weighted by Crippen LogP contribution is -2.14. The van der Waals surface area contributed by atoms with Crippen LogP contribution in [0.25, 0.3) is 5.69 Å². The van der Waals surface area contributed by atoms with Crippen molar-refractivity contribution in [3.05, 3.63) is 47.3 Å². The fourth-order valence-electron chi connectivity index (χ4n) is 2.60. The normalized spacial score (nSPS) is 15.3. The molecule has 19 heavy (non-hydrogen) atoms. The molecule has 0 bridgehead atoms. The minimum absolute atomic E-state index is 0.123. The molecule has 3 rings (SSSR count). The molecule has 0 aliphatic heterocycles. The topological polar surface area (TPSA) is 17.8 Å². The summed E-state index contributed by atoms with van der Waals surface area (Å²) in [7, 11) is 0. The van der Waals surface area contributed by atoms with E-state index in [0.717, 1.165) is 43.0 Å². The van der Waals surface area contributed by atoms with Crippen molar-refractivity contribution in [3.8, 4) is 5.69 Å². The number of rotatable bonds is 1. The highest BCUT2D eigenvalue weighted by Gasteiger charge is 2.34. The van der Waals surface area contributed by atoms with Gasteiger partial charge in [0.15, 0.2) is 0 Å². The van der Waals surface area contributed by atoms with Crippen LogP contribution < -0.4 is 0 Å². The third-order valence-electron chi connectivity index (χ3n) is 3.50. The van der Waals surface area contributed by atoms with Crippen molar-refractivity contribution in [2.45, 2.75) is 31.9 Å². The minimum Gasteiger partial charge on any atom is -0.237 e. The van der Waals surface area contributed by atoms with Crippen LogP contribution in [0.5, 0.6) is 0 Å². The van der Waals surface area contributed by atoms with Crippen molar-refractivity contribution < 1.29 is 13.2 Å². The van der Waals surface area contributed by atoms with E-state index >= 15 is 0 Å². The Kier molecular flexibility index (Phi) is 2.84. The number of para-hydroxylation sites is 1. The predicted molar refractivity (Wildman–Crippen MR) is 65.2 cm³/mol. The molecule has 2 nitrogen and oxygen atoms in total. The summed E-state index contributed by atoms with van der Waals surface area (Å²) in [5.41, 5.74) is 1.48. The first-order valence-electron chi connectivity index (χ1n) is 6.30. The highest BCUT2D eigenvalue weighted by Crippen LogP contribution is 2.35. The number of nitrogens with zero attached hydrogens (tertiary/aromatic N) is 2. The van der Waals surface area contributed by atoms with Gasteiger partial charge in [0, 0.05) is 5.69 Å². The molecule has 0 radical (unpaired) electrons. The van der Waals surface area contributed by atoms with Crippen molar-refractivity contribution in [2.75, 3.05) is 0 Å². The Bertz CT molecular complexity index is 599. The summed E-state index contributed by atoms with van der Waals surface area (Å²) in [5.74, 6) is 0. The summed E-state index contributed by atoms with van der Waals surface area (Å²) >= 11 is 0. The number of hydrogen-bond donors (Lipinski definition) is 0. The maximum absolute atomic E-state index is 13.0. The molecule has 0 spiro atoms. The second-order valence-electron chi connectivity index (χ2n) is 4.75. The van der Waals surface area contributed by atoms with E-state index in [9.17, 15) is 13.2 Å². The standard InChI is InChI=1S/C14H13F3N2/c15-14(16,17)11-6-2-4-8-13(11)19-12-7-3-1-5-10(12)9-18-19/h2,4,6,8-9H,1,3,5,7H2. The summed E-state index contributed by atoms with van der Waals surface area (Å²) in [6.45, 7) is 0. The quantitative estimate of drug-likeness (QED) is 0.768. The van der Waals surface area contributed by atoms with Gasteiger partial charge in [-0.15, -0.1) is 0 Å². The van der Waals surface area contributed by atoms with Gasteiger partial charge in [-0.2, -0.15) is 18.3 Å². The van der Waals surface area contributed by atoms with Gasteiger partial charge in [-0.1, -0.05) is 12.1 Å². The molecular weight excluding hydrogens is 253 g/mol. The highest BCUT2D eigenvalue weighted by molar-refractivity contribution is 5.44. The summed E-state index contributed by atoms with van der Waals surface area (Å²) in [6.07, 6.45) is 1.13. The van der Waals surface area contributed by atoms with Gasteiger partial charge in [0.2, 0.25) is 0 Å². The van der Waals surface area contributed by atoms with E-state index in [1.54, 1.807) is 12.3 Å². The number of aromatic nitrogens is 2. The molecule has 0 unspecified atom stereocenters. The zero-order valence-corrected chi connectivity index (χ0v) is 10.2. The van der Waals surface area contributed by atoms with Crippen molar-refractivity contribution in [1.29, 1.82) is 0 Å². The van der Waals surface area contributed by atoms with Gasteiger partial charge in [0.25, 0.3) is 0 Å². The summed E-state index contributed by atoms with van der Waals surface area (Å²) in [4.78, 5) is 0. The third kappa shape index (κ3) is 2.13. The van der Waals surface area contributed by atoms with Crippen LogP contribution >= 0.6 is 0 Å². The Morgan fingerprint density at radius 2 is 1.79 bits per heavy atom. The summed E-state index contributed by atoms with van der Waals surface area (Å²) in [5, 5.41) is 4.16. The van der Waals surface area contributed by atoms with Gasteiger partial charge in [-0.25, -0.2) is 4.68 Å². The van der Waals surface area contributed by atoms with E-state index in [1.807, 2.05) is 0 Å². The lowest BCUT2D eigenvalue weighted by molar-refractivity contribution is -0.137. The molecule has 1 aromatic carbocycles. The van der Waals surface area contributed by atoms with E-state index in [1.165, 1.54) is 16.8 Å². The molecule has 0 N–H and O–H groups in total. The maximum Gasteiger partial charge on any atom is 0.418 e. The molecule has 0 saturated heterocycles. The molecule has 1 aromatic heterocycles. The van der Waals surface area contributed by atoms with Crippen molar-refractivity contribution in [2.24, 2.45) is 0 Å². The second-order valence-corrected chi connectivity index (χ2v) is 4.75. The molecule has 0 saturated carbocycles. The van der Waals surface area contributed by atoms with Gasteiger partial charge >= 0.3 is 6.18 Å². The first-order chi connectivity index (χ1) is 9.07. The van der Waals surface area contributed by atoms with Gasteiger partial charge in [0.05, 0.1) is 17.4 Å². The molecule has 100 valence electrons. The van der Waals surface area contributed by atoms with E-state index in [4.69, 9.17) is 0 Å². The predicted octanol–water partition coefficient (Wildman–Crippen LogP) is 3.77. The number of fused-ring (bicyclic) bond motifs is 1. The van der Waals surface area contributed by atoms with Crippen molar-refractivity contribution in [1.82, 2.24) is 9.78 Å². The van der Waals surface area contributed by atoms with Crippen molar-refractivity contribution in [3.63, 3.8) is 0 Å². The Labute approximate surface area is 108 Å². The van der Waals surface area contributed by atoms with E-state index in [2.05, 4.69) is 5.10 Å². The molecule has 5 heteroatoms. The number of benzene rings is 1. The van der Waals surface area contributed by atoms with Crippen LogP contribution in [0.15, 0.2) is 30.5 Å². The lowest BCUT2D eigenvalue weighted by Gasteiger charge is -2.17. The van der Waals surface area contributed by atoms with Crippen LogP contribution in [0.3, 0.4) is 0 Å². The van der Waals surface area contributed by atoms with E-state index in [0.29, 0.717) is 0 Å². The molecule has 1 aliphatic carbocycles. The Balaban J connectivity index is 2.15. The summed E-state index contributed by atoms with van der Waals surface area (Å²) < 4.78 is 40.5. The minimum atomic E-state index is -4.36. The van der Waals surface area contributed by atoms with Crippen LogP contribution in [0.2, 0.25) is 0 Å². The fraction of sp³-hybridized carbons (Fsp3) is 0.357. The number of alkyl halides is 3. The average Bonchev–Trinajstić information content (AvgIpc) is 2.81. The average molecular weight is 266 g/mol. The van der Waals surface area contributed by atoms with Crippen LogP contribution in [0.4, 0.5) is 13.2 Å². The molecule has 0 amide bonds. The molecule has 1 aliphatic rings. The molecular formula is C14H13F3N2. The van der Waals surface area contributed by atoms with Gasteiger partial charge < -0.3 is 0 Å². The molecule has 0 atom stereocenters. The Hall–Kier alpha value is -1.78. The van der Waals surface area contributed by atoms with Crippen LogP contribution in [0.1, 0.15) is 29.7 Å². The highest BCUT2D eigenvalue weighted by atomic mass is 19.4. The first kappa shape index (κ1) is 12.3. The van der Waals surface area contributed by atoms with Crippen LogP contribution in [-0.4, -0.2) is 9.78 Å². The number of hydrogen-bond acceptors (Lipinski definition) is 1.